The molecule has 1 fully saturated rings. The molecule has 1 aliphatic heterocycles. The van der Waals surface area contributed by atoms with E-state index in [9.17, 15) is 9.18 Å². The number of carbonyl (C=O) groups is 1. The van der Waals surface area contributed by atoms with E-state index in [1.54, 1.807) is 11.0 Å². The lowest BCUT2D eigenvalue weighted by Gasteiger charge is -2.36. The van der Waals surface area contributed by atoms with E-state index < -0.39 is 5.60 Å². The molecule has 0 bridgehead atoms. The van der Waals surface area contributed by atoms with Crippen LogP contribution in [0.1, 0.15) is 40.2 Å². The molecule has 1 aliphatic rings. The second kappa shape index (κ2) is 9.80. The smallest absolute Gasteiger partial charge is 0.410 e. The van der Waals surface area contributed by atoms with Crippen LogP contribution in [0, 0.1) is 11.7 Å². The molecule has 0 radical (unpaired) electrons. The SMILES string of the molecule is CC(C)CNC(N)=NCc1ccc(N2CCN(C(=O)OC(C)(C)C)CC2)c(F)c1. The fourth-order valence-corrected chi connectivity index (χ4v) is 2.90. The first kappa shape index (κ1) is 22.8. The molecule has 0 aromatic heterocycles. The summed E-state index contributed by atoms with van der Waals surface area (Å²) in [7, 11) is 0. The predicted octanol–water partition coefficient (Wildman–Crippen LogP) is 2.94. The lowest BCUT2D eigenvalue weighted by molar-refractivity contribution is 0.0240. The van der Waals surface area contributed by atoms with Gasteiger partial charge in [0.25, 0.3) is 0 Å². The topological polar surface area (TPSA) is 83.2 Å². The minimum absolute atomic E-state index is 0.294. The summed E-state index contributed by atoms with van der Waals surface area (Å²) in [6.45, 7) is 12.9. The van der Waals surface area contributed by atoms with Crippen LogP contribution in [0.3, 0.4) is 0 Å². The normalized spacial score (nSPS) is 15.6. The van der Waals surface area contributed by atoms with E-state index in [0.717, 1.165) is 12.1 Å². The second-order valence-electron chi connectivity index (χ2n) is 8.72. The van der Waals surface area contributed by atoms with Crippen LogP contribution in [-0.2, 0) is 11.3 Å². The summed E-state index contributed by atoms with van der Waals surface area (Å²) in [6.07, 6.45) is -0.325. The number of amides is 1. The number of halogens is 1. The number of guanidine groups is 1. The van der Waals surface area contributed by atoms with E-state index in [-0.39, 0.29) is 11.9 Å². The molecule has 1 aromatic carbocycles. The van der Waals surface area contributed by atoms with E-state index in [2.05, 4.69) is 24.2 Å². The zero-order chi connectivity index (χ0) is 21.6. The third-order valence-electron chi connectivity index (χ3n) is 4.41. The molecule has 0 spiro atoms. The van der Waals surface area contributed by atoms with Crippen molar-refractivity contribution in [2.24, 2.45) is 16.6 Å². The number of anilines is 1. The Hall–Kier alpha value is -2.51. The quantitative estimate of drug-likeness (QED) is 0.579. The van der Waals surface area contributed by atoms with Crippen molar-refractivity contribution < 1.29 is 13.9 Å². The fraction of sp³-hybridized carbons (Fsp3) is 0.619. The maximum atomic E-state index is 14.6. The standard InChI is InChI=1S/C21H34FN5O2/c1-15(2)13-24-19(23)25-14-16-6-7-18(17(22)12-16)26-8-10-27(11-9-26)20(28)29-21(3,4)5/h6-7,12,15H,8-11,13-14H2,1-5H3,(H3,23,24,25). The van der Waals surface area contributed by atoms with E-state index in [1.807, 2.05) is 31.7 Å². The van der Waals surface area contributed by atoms with Crippen molar-refractivity contribution in [1.29, 1.82) is 0 Å². The Balaban J connectivity index is 1.91. The summed E-state index contributed by atoms with van der Waals surface area (Å²) >= 11 is 0. The molecule has 3 N–H and O–H groups in total. The highest BCUT2D eigenvalue weighted by Crippen LogP contribution is 2.23. The Morgan fingerprint density at radius 1 is 1.28 bits per heavy atom. The number of aliphatic imine (C=N–C) groups is 1. The highest BCUT2D eigenvalue weighted by molar-refractivity contribution is 5.77. The van der Waals surface area contributed by atoms with Crippen LogP contribution < -0.4 is 16.0 Å². The molecule has 1 heterocycles. The van der Waals surface area contributed by atoms with Crippen LogP contribution in [0.4, 0.5) is 14.9 Å². The first-order valence-electron chi connectivity index (χ1n) is 10.1. The lowest BCUT2D eigenvalue weighted by Crippen LogP contribution is -2.50. The molecule has 8 heteroatoms. The number of nitrogens with zero attached hydrogens (tertiary/aromatic N) is 3. The lowest BCUT2D eigenvalue weighted by atomic mass is 10.1. The number of carbonyl (C=O) groups excluding carboxylic acids is 1. The largest absolute Gasteiger partial charge is 0.444 e. The molecule has 0 saturated carbocycles. The van der Waals surface area contributed by atoms with Gasteiger partial charge in [0, 0.05) is 32.7 Å². The van der Waals surface area contributed by atoms with Gasteiger partial charge < -0.3 is 25.6 Å². The van der Waals surface area contributed by atoms with Crippen molar-refractivity contribution in [2.75, 3.05) is 37.6 Å². The average molecular weight is 408 g/mol. The Bertz CT molecular complexity index is 722. The van der Waals surface area contributed by atoms with Crippen LogP contribution in [0.25, 0.3) is 0 Å². The monoisotopic (exact) mass is 407 g/mol. The number of benzene rings is 1. The van der Waals surface area contributed by atoms with Crippen molar-refractivity contribution in [3.05, 3.63) is 29.6 Å². The summed E-state index contributed by atoms with van der Waals surface area (Å²) in [5.74, 6) is 0.537. The zero-order valence-electron chi connectivity index (χ0n) is 18.2. The van der Waals surface area contributed by atoms with E-state index >= 15 is 0 Å². The maximum absolute atomic E-state index is 14.6. The first-order chi connectivity index (χ1) is 13.5. The molecular weight excluding hydrogens is 373 g/mol. The van der Waals surface area contributed by atoms with Crippen LogP contribution >= 0.6 is 0 Å². The van der Waals surface area contributed by atoms with Crippen molar-refractivity contribution in [1.82, 2.24) is 10.2 Å². The molecular formula is C21H34FN5O2. The molecule has 0 atom stereocenters. The molecule has 162 valence electrons. The van der Waals surface area contributed by atoms with E-state index in [0.29, 0.717) is 50.3 Å². The van der Waals surface area contributed by atoms with Gasteiger partial charge in [0.1, 0.15) is 11.4 Å². The van der Waals surface area contributed by atoms with Gasteiger partial charge in [-0.3, -0.25) is 0 Å². The van der Waals surface area contributed by atoms with E-state index in [1.165, 1.54) is 6.07 Å². The Morgan fingerprint density at radius 3 is 2.48 bits per heavy atom. The van der Waals surface area contributed by atoms with Crippen LogP contribution in [-0.4, -0.2) is 55.3 Å². The summed E-state index contributed by atoms with van der Waals surface area (Å²) < 4.78 is 20.0. The minimum Gasteiger partial charge on any atom is -0.444 e. The molecule has 0 unspecified atom stereocenters. The number of hydrogen-bond donors (Lipinski definition) is 2. The first-order valence-corrected chi connectivity index (χ1v) is 10.1. The third kappa shape index (κ3) is 7.44. The Morgan fingerprint density at radius 2 is 1.93 bits per heavy atom. The van der Waals surface area contributed by atoms with Gasteiger partial charge in [0.15, 0.2) is 5.96 Å². The van der Waals surface area contributed by atoms with Crippen molar-refractivity contribution in [3.63, 3.8) is 0 Å². The summed E-state index contributed by atoms with van der Waals surface area (Å²) in [4.78, 5) is 20.0. The summed E-state index contributed by atoms with van der Waals surface area (Å²) in [6, 6.07) is 5.12. The van der Waals surface area contributed by atoms with Crippen molar-refractivity contribution >= 4 is 17.7 Å². The van der Waals surface area contributed by atoms with Gasteiger partial charge in [-0.25, -0.2) is 14.2 Å². The number of rotatable bonds is 5. The number of piperazine rings is 1. The highest BCUT2D eigenvalue weighted by atomic mass is 19.1. The van der Waals surface area contributed by atoms with Crippen molar-refractivity contribution in [3.8, 4) is 0 Å². The van der Waals surface area contributed by atoms with Gasteiger partial charge in [-0.1, -0.05) is 19.9 Å². The van der Waals surface area contributed by atoms with Gasteiger partial charge in [0.05, 0.1) is 12.2 Å². The van der Waals surface area contributed by atoms with Crippen LogP contribution in [0.2, 0.25) is 0 Å². The van der Waals surface area contributed by atoms with Crippen LogP contribution in [0.5, 0.6) is 0 Å². The maximum Gasteiger partial charge on any atom is 0.410 e. The van der Waals surface area contributed by atoms with Crippen molar-refractivity contribution in [2.45, 2.75) is 46.8 Å². The molecule has 2 rings (SSSR count). The number of nitrogens with one attached hydrogen (secondary N) is 1. The summed E-state index contributed by atoms with van der Waals surface area (Å²) in [5, 5.41) is 3.04. The fourth-order valence-electron chi connectivity index (χ4n) is 2.90. The average Bonchev–Trinajstić information content (AvgIpc) is 2.63. The minimum atomic E-state index is -0.521. The summed E-state index contributed by atoms with van der Waals surface area (Å²) in [5.41, 5.74) is 6.60. The molecule has 0 aliphatic carbocycles. The molecule has 1 amide bonds. The highest BCUT2D eigenvalue weighted by Gasteiger charge is 2.26. The molecule has 1 saturated heterocycles. The van der Waals surface area contributed by atoms with Gasteiger partial charge in [-0.15, -0.1) is 0 Å². The van der Waals surface area contributed by atoms with E-state index in [4.69, 9.17) is 10.5 Å². The third-order valence-corrected chi connectivity index (χ3v) is 4.41. The van der Waals surface area contributed by atoms with Gasteiger partial charge in [0.2, 0.25) is 0 Å². The van der Waals surface area contributed by atoms with Crippen LogP contribution in [0.15, 0.2) is 23.2 Å². The number of ether oxygens (including phenoxy) is 1. The zero-order valence-corrected chi connectivity index (χ0v) is 18.2. The number of hydrogen-bond acceptors (Lipinski definition) is 4. The Labute approximate surface area is 173 Å². The van der Waals surface area contributed by atoms with Gasteiger partial charge in [-0.05, 0) is 44.4 Å². The predicted molar refractivity (Wildman–Crippen MR) is 115 cm³/mol. The molecule has 7 nitrogen and oxygen atoms in total. The molecule has 29 heavy (non-hydrogen) atoms. The second-order valence-corrected chi connectivity index (χ2v) is 8.72. The Kier molecular flexibility index (Phi) is 7.70. The number of nitrogens with two attached hydrogens (primary N) is 1. The van der Waals surface area contributed by atoms with Gasteiger partial charge >= 0.3 is 6.09 Å². The van der Waals surface area contributed by atoms with Gasteiger partial charge in [-0.2, -0.15) is 0 Å². The molecule has 1 aromatic rings.